The van der Waals surface area contributed by atoms with Gasteiger partial charge in [-0.3, -0.25) is 4.98 Å². The van der Waals surface area contributed by atoms with Crippen molar-refractivity contribution in [1.82, 2.24) is 4.98 Å². The highest BCUT2D eigenvalue weighted by atomic mass is 79.9. The number of aromatic nitrogens is 1. The zero-order valence-electron chi connectivity index (χ0n) is 12.2. The minimum Gasteiger partial charge on any atom is -0.384 e. The standard InChI is InChI=1S/C17H21BrN2/c1-3-10-19-16-12-6-4-5-7-14(12)20-17-13(18)9-8-11(2)15(16)17/h8-9H,3-7,10H2,1-2H3,(H,19,20). The van der Waals surface area contributed by atoms with Gasteiger partial charge in [0.05, 0.1) is 5.52 Å². The van der Waals surface area contributed by atoms with Gasteiger partial charge in [-0.25, -0.2) is 0 Å². The molecule has 0 amide bonds. The summed E-state index contributed by atoms with van der Waals surface area (Å²) in [6, 6.07) is 4.30. The van der Waals surface area contributed by atoms with E-state index in [0.717, 1.165) is 35.8 Å². The molecule has 0 aliphatic heterocycles. The average Bonchev–Trinajstić information content (AvgIpc) is 2.48. The molecule has 1 aromatic carbocycles. The minimum atomic E-state index is 1.03. The second-order valence-electron chi connectivity index (χ2n) is 5.63. The van der Waals surface area contributed by atoms with E-state index in [9.17, 15) is 0 Å². The highest BCUT2D eigenvalue weighted by molar-refractivity contribution is 9.10. The number of rotatable bonds is 3. The van der Waals surface area contributed by atoms with E-state index < -0.39 is 0 Å². The van der Waals surface area contributed by atoms with Gasteiger partial charge in [-0.1, -0.05) is 13.0 Å². The molecule has 1 aliphatic carbocycles. The highest BCUT2D eigenvalue weighted by Crippen LogP contribution is 2.37. The maximum atomic E-state index is 4.96. The van der Waals surface area contributed by atoms with Crippen molar-refractivity contribution in [2.75, 3.05) is 11.9 Å². The van der Waals surface area contributed by atoms with Gasteiger partial charge in [-0.2, -0.15) is 0 Å². The van der Waals surface area contributed by atoms with Crippen molar-refractivity contribution in [3.63, 3.8) is 0 Å². The lowest BCUT2D eigenvalue weighted by Gasteiger charge is -2.23. The van der Waals surface area contributed by atoms with Crippen molar-refractivity contribution >= 4 is 32.5 Å². The summed E-state index contributed by atoms with van der Waals surface area (Å²) in [6.07, 6.45) is 5.98. The molecule has 0 atom stereocenters. The normalized spacial score (nSPS) is 14.3. The summed E-state index contributed by atoms with van der Waals surface area (Å²) in [7, 11) is 0. The van der Waals surface area contributed by atoms with Gasteiger partial charge in [0.2, 0.25) is 0 Å². The molecule has 1 aromatic heterocycles. The largest absolute Gasteiger partial charge is 0.384 e. The number of nitrogens with zero attached hydrogens (tertiary/aromatic N) is 1. The molecule has 0 unspecified atom stereocenters. The van der Waals surface area contributed by atoms with Gasteiger partial charge in [-0.15, -0.1) is 0 Å². The quantitative estimate of drug-likeness (QED) is 0.854. The van der Waals surface area contributed by atoms with E-state index >= 15 is 0 Å². The first-order valence-corrected chi connectivity index (χ1v) is 8.36. The lowest BCUT2D eigenvalue weighted by molar-refractivity contribution is 0.671. The summed E-state index contributed by atoms with van der Waals surface area (Å²) in [5.74, 6) is 0. The van der Waals surface area contributed by atoms with E-state index in [4.69, 9.17) is 4.98 Å². The van der Waals surface area contributed by atoms with E-state index in [-0.39, 0.29) is 0 Å². The van der Waals surface area contributed by atoms with Gasteiger partial charge in [0.25, 0.3) is 0 Å². The first-order valence-electron chi connectivity index (χ1n) is 7.56. The summed E-state index contributed by atoms with van der Waals surface area (Å²) >= 11 is 3.67. The molecule has 0 saturated carbocycles. The van der Waals surface area contributed by atoms with E-state index in [0.29, 0.717) is 0 Å². The zero-order chi connectivity index (χ0) is 14.1. The summed E-state index contributed by atoms with van der Waals surface area (Å²) in [5.41, 5.74) is 6.52. The summed E-state index contributed by atoms with van der Waals surface area (Å²) in [5, 5.41) is 4.97. The number of benzene rings is 1. The van der Waals surface area contributed by atoms with Gasteiger partial charge in [0.1, 0.15) is 0 Å². The number of anilines is 1. The van der Waals surface area contributed by atoms with Crippen LogP contribution in [0.5, 0.6) is 0 Å². The van der Waals surface area contributed by atoms with E-state index in [1.807, 2.05) is 0 Å². The molecule has 0 radical (unpaired) electrons. The Morgan fingerprint density at radius 1 is 1.25 bits per heavy atom. The van der Waals surface area contributed by atoms with Crippen LogP contribution in [0, 0.1) is 6.92 Å². The van der Waals surface area contributed by atoms with Crippen molar-refractivity contribution in [2.45, 2.75) is 46.0 Å². The van der Waals surface area contributed by atoms with E-state index in [1.54, 1.807) is 0 Å². The molecular formula is C17H21BrN2. The fourth-order valence-corrected chi connectivity index (χ4v) is 3.52. The topological polar surface area (TPSA) is 24.9 Å². The predicted octanol–water partition coefficient (Wildman–Crippen LogP) is 5.01. The smallest absolute Gasteiger partial charge is 0.0870 e. The maximum Gasteiger partial charge on any atom is 0.0870 e. The van der Waals surface area contributed by atoms with Crippen LogP contribution in [0.3, 0.4) is 0 Å². The Morgan fingerprint density at radius 3 is 2.85 bits per heavy atom. The number of nitrogens with one attached hydrogen (secondary N) is 1. The SMILES string of the molecule is CCCNc1c2c(nc3c(Br)ccc(C)c13)CCCC2. The van der Waals surface area contributed by atoms with Crippen molar-refractivity contribution in [2.24, 2.45) is 0 Å². The Hall–Kier alpha value is -1.09. The number of hydrogen-bond donors (Lipinski definition) is 1. The van der Waals surface area contributed by atoms with Crippen LogP contribution < -0.4 is 5.32 Å². The molecule has 0 spiro atoms. The van der Waals surface area contributed by atoms with Gasteiger partial charge >= 0.3 is 0 Å². The third kappa shape index (κ3) is 2.32. The number of aryl methyl sites for hydroxylation is 2. The third-order valence-electron chi connectivity index (χ3n) is 4.13. The average molecular weight is 333 g/mol. The van der Waals surface area contributed by atoms with E-state index in [1.165, 1.54) is 40.7 Å². The maximum absolute atomic E-state index is 4.96. The van der Waals surface area contributed by atoms with Crippen molar-refractivity contribution in [3.05, 3.63) is 33.4 Å². The molecule has 1 N–H and O–H groups in total. The molecule has 0 bridgehead atoms. The first-order chi connectivity index (χ1) is 9.72. The minimum absolute atomic E-state index is 1.03. The lowest BCUT2D eigenvalue weighted by atomic mass is 9.91. The molecule has 106 valence electrons. The Kier molecular flexibility index (Phi) is 3.97. The fraction of sp³-hybridized carbons (Fsp3) is 0.471. The Morgan fingerprint density at radius 2 is 2.05 bits per heavy atom. The Balaban J connectivity index is 2.30. The molecule has 2 nitrogen and oxygen atoms in total. The molecule has 3 heteroatoms. The molecular weight excluding hydrogens is 312 g/mol. The zero-order valence-corrected chi connectivity index (χ0v) is 13.8. The number of pyridine rings is 1. The second-order valence-corrected chi connectivity index (χ2v) is 6.49. The van der Waals surface area contributed by atoms with Crippen LogP contribution in [-0.2, 0) is 12.8 Å². The van der Waals surface area contributed by atoms with Gasteiger partial charge in [0.15, 0.2) is 0 Å². The summed E-state index contributed by atoms with van der Waals surface area (Å²) in [4.78, 5) is 4.96. The molecule has 1 aliphatic rings. The van der Waals surface area contributed by atoms with Crippen molar-refractivity contribution < 1.29 is 0 Å². The van der Waals surface area contributed by atoms with Gasteiger partial charge in [0, 0.05) is 27.8 Å². The fourth-order valence-electron chi connectivity index (χ4n) is 3.10. The van der Waals surface area contributed by atoms with Crippen LogP contribution in [0.15, 0.2) is 16.6 Å². The van der Waals surface area contributed by atoms with Crippen LogP contribution in [-0.4, -0.2) is 11.5 Å². The van der Waals surface area contributed by atoms with Crippen LogP contribution >= 0.6 is 15.9 Å². The predicted molar refractivity (Wildman–Crippen MR) is 89.6 cm³/mol. The third-order valence-corrected chi connectivity index (χ3v) is 4.77. The molecule has 3 rings (SSSR count). The van der Waals surface area contributed by atoms with Crippen molar-refractivity contribution in [3.8, 4) is 0 Å². The van der Waals surface area contributed by atoms with Gasteiger partial charge < -0.3 is 5.32 Å². The molecule has 1 heterocycles. The molecule has 0 saturated heterocycles. The Labute approximate surface area is 129 Å². The Bertz CT molecular complexity index is 649. The number of fused-ring (bicyclic) bond motifs is 2. The molecule has 2 aromatic rings. The van der Waals surface area contributed by atoms with Gasteiger partial charge in [-0.05, 0) is 72.2 Å². The molecule has 20 heavy (non-hydrogen) atoms. The monoisotopic (exact) mass is 332 g/mol. The summed E-state index contributed by atoms with van der Waals surface area (Å²) < 4.78 is 1.10. The lowest BCUT2D eigenvalue weighted by Crippen LogP contribution is -2.12. The second kappa shape index (κ2) is 5.72. The van der Waals surface area contributed by atoms with Crippen molar-refractivity contribution in [1.29, 1.82) is 0 Å². The highest BCUT2D eigenvalue weighted by Gasteiger charge is 2.19. The molecule has 0 fully saturated rings. The number of hydrogen-bond acceptors (Lipinski definition) is 2. The van der Waals surface area contributed by atoms with Crippen LogP contribution in [0.25, 0.3) is 10.9 Å². The van der Waals surface area contributed by atoms with Crippen LogP contribution in [0.2, 0.25) is 0 Å². The first kappa shape index (κ1) is 13.9. The van der Waals surface area contributed by atoms with E-state index in [2.05, 4.69) is 47.2 Å². The summed E-state index contributed by atoms with van der Waals surface area (Å²) in [6.45, 7) is 5.42. The number of halogens is 1. The van der Waals surface area contributed by atoms with Crippen LogP contribution in [0.1, 0.15) is 43.0 Å². The van der Waals surface area contributed by atoms with Crippen LogP contribution in [0.4, 0.5) is 5.69 Å².